The van der Waals surface area contributed by atoms with Gasteiger partial charge < -0.3 is 14.2 Å². The largest absolute Gasteiger partial charge is 0.494 e. The fourth-order valence-electron chi connectivity index (χ4n) is 2.18. The molecule has 3 nitrogen and oxygen atoms in total. The van der Waals surface area contributed by atoms with Crippen LogP contribution in [-0.4, -0.2) is 37.3 Å². The minimum Gasteiger partial charge on any atom is -0.399 e. The number of rotatable bonds is 3. The zero-order chi connectivity index (χ0) is 15.1. The van der Waals surface area contributed by atoms with E-state index in [1.807, 2.05) is 52.8 Å². The summed E-state index contributed by atoms with van der Waals surface area (Å²) in [5.41, 5.74) is 0.755. The Kier molecular flexibility index (Phi) is 3.97. The van der Waals surface area contributed by atoms with E-state index in [1.165, 1.54) is 6.07 Å². The predicted octanol–water partition coefficient (Wildman–Crippen LogP) is 2.19. The van der Waals surface area contributed by atoms with Crippen LogP contribution in [0.3, 0.4) is 0 Å². The van der Waals surface area contributed by atoms with Crippen molar-refractivity contribution >= 4 is 12.6 Å². The average Bonchev–Trinajstić information content (AvgIpc) is 2.50. The molecule has 0 amide bonds. The lowest BCUT2D eigenvalue weighted by Crippen LogP contribution is -2.41. The first-order valence-corrected chi connectivity index (χ1v) is 6.91. The molecular formula is C15H23BFNO2. The van der Waals surface area contributed by atoms with E-state index in [2.05, 4.69) is 0 Å². The Balaban J connectivity index is 2.27. The van der Waals surface area contributed by atoms with Crippen molar-refractivity contribution in [2.24, 2.45) is 0 Å². The Morgan fingerprint density at radius 3 is 2.15 bits per heavy atom. The lowest BCUT2D eigenvalue weighted by molar-refractivity contribution is 0.00578. The minimum atomic E-state index is -0.443. The van der Waals surface area contributed by atoms with Gasteiger partial charge in [-0.3, -0.25) is 0 Å². The van der Waals surface area contributed by atoms with Crippen molar-refractivity contribution in [2.45, 2.75) is 45.4 Å². The lowest BCUT2D eigenvalue weighted by atomic mass is 9.78. The second kappa shape index (κ2) is 5.13. The molecule has 1 aromatic carbocycles. The van der Waals surface area contributed by atoms with Crippen LogP contribution < -0.4 is 5.46 Å². The Morgan fingerprint density at radius 1 is 1.10 bits per heavy atom. The van der Waals surface area contributed by atoms with E-state index in [-0.39, 0.29) is 17.0 Å². The summed E-state index contributed by atoms with van der Waals surface area (Å²) in [6, 6.07) is 5.05. The molecule has 0 bridgehead atoms. The second-order valence-electron chi connectivity index (χ2n) is 6.68. The summed E-state index contributed by atoms with van der Waals surface area (Å²) >= 11 is 0. The van der Waals surface area contributed by atoms with Crippen LogP contribution in [0.2, 0.25) is 0 Å². The third-order valence-corrected chi connectivity index (χ3v) is 4.08. The first-order valence-electron chi connectivity index (χ1n) is 6.91. The van der Waals surface area contributed by atoms with Crippen molar-refractivity contribution in [1.29, 1.82) is 0 Å². The highest BCUT2D eigenvalue weighted by Crippen LogP contribution is 2.36. The normalized spacial score (nSPS) is 20.7. The standard InChI is InChI=1S/C15H23BFNO2/c1-14(2)15(3,4)20-16(19-14)12-7-8-13(17)11(9-12)10-18(5)6/h7-9H,10H2,1-6H3. The van der Waals surface area contributed by atoms with Gasteiger partial charge in [-0.2, -0.15) is 0 Å². The summed E-state index contributed by atoms with van der Waals surface area (Å²) < 4.78 is 25.8. The number of benzene rings is 1. The summed E-state index contributed by atoms with van der Waals surface area (Å²) in [7, 11) is 3.39. The molecule has 2 rings (SSSR count). The molecule has 1 heterocycles. The SMILES string of the molecule is CN(C)Cc1cc(B2OC(C)(C)C(C)(C)O2)ccc1F. The number of halogens is 1. The molecular weight excluding hydrogens is 256 g/mol. The fourth-order valence-corrected chi connectivity index (χ4v) is 2.18. The zero-order valence-electron chi connectivity index (χ0n) is 13.2. The molecule has 0 N–H and O–H groups in total. The van der Waals surface area contributed by atoms with Crippen molar-refractivity contribution in [3.05, 3.63) is 29.6 Å². The van der Waals surface area contributed by atoms with Crippen molar-refractivity contribution in [2.75, 3.05) is 14.1 Å². The van der Waals surface area contributed by atoms with E-state index in [0.29, 0.717) is 12.1 Å². The molecule has 1 fully saturated rings. The summed E-state index contributed by atoms with van der Waals surface area (Å²) in [6.07, 6.45) is 0. The zero-order valence-corrected chi connectivity index (χ0v) is 13.2. The number of hydrogen-bond donors (Lipinski definition) is 0. The molecule has 20 heavy (non-hydrogen) atoms. The van der Waals surface area contributed by atoms with Crippen LogP contribution in [0.25, 0.3) is 0 Å². The van der Waals surface area contributed by atoms with E-state index >= 15 is 0 Å². The van der Waals surface area contributed by atoms with Gasteiger partial charge >= 0.3 is 7.12 Å². The summed E-state index contributed by atoms with van der Waals surface area (Å²) in [5, 5.41) is 0. The van der Waals surface area contributed by atoms with Gasteiger partial charge in [-0.1, -0.05) is 12.1 Å². The Hall–Kier alpha value is -0.905. The lowest BCUT2D eigenvalue weighted by Gasteiger charge is -2.32. The smallest absolute Gasteiger partial charge is 0.399 e. The second-order valence-corrected chi connectivity index (χ2v) is 6.68. The third-order valence-electron chi connectivity index (χ3n) is 4.08. The first kappa shape index (κ1) is 15.5. The molecule has 1 aromatic rings. The fraction of sp³-hybridized carbons (Fsp3) is 0.600. The molecule has 5 heteroatoms. The van der Waals surface area contributed by atoms with Gasteiger partial charge in [0.1, 0.15) is 5.82 Å². The summed E-state index contributed by atoms with van der Waals surface area (Å²) in [5.74, 6) is -0.195. The van der Waals surface area contributed by atoms with Crippen molar-refractivity contribution in [1.82, 2.24) is 4.90 Å². The van der Waals surface area contributed by atoms with Gasteiger partial charge in [-0.25, -0.2) is 4.39 Å². The molecule has 1 aliphatic heterocycles. The molecule has 0 spiro atoms. The maximum Gasteiger partial charge on any atom is 0.494 e. The minimum absolute atomic E-state index is 0.195. The summed E-state index contributed by atoms with van der Waals surface area (Å²) in [4.78, 5) is 1.94. The quantitative estimate of drug-likeness (QED) is 0.792. The van der Waals surface area contributed by atoms with Gasteiger partial charge in [-0.15, -0.1) is 0 Å². The topological polar surface area (TPSA) is 21.7 Å². The maximum absolute atomic E-state index is 13.8. The van der Waals surface area contributed by atoms with Crippen LogP contribution in [-0.2, 0) is 15.9 Å². The average molecular weight is 279 g/mol. The number of hydrogen-bond acceptors (Lipinski definition) is 3. The molecule has 0 atom stereocenters. The molecule has 0 aromatic heterocycles. The van der Waals surface area contributed by atoms with E-state index in [9.17, 15) is 4.39 Å². The van der Waals surface area contributed by atoms with Gasteiger partial charge in [0.25, 0.3) is 0 Å². The van der Waals surface area contributed by atoms with Crippen LogP contribution in [0.4, 0.5) is 4.39 Å². The maximum atomic E-state index is 13.8. The molecule has 0 unspecified atom stereocenters. The highest BCUT2D eigenvalue weighted by molar-refractivity contribution is 6.62. The van der Waals surface area contributed by atoms with Gasteiger partial charge in [0.15, 0.2) is 0 Å². The Morgan fingerprint density at radius 2 is 1.65 bits per heavy atom. The van der Waals surface area contributed by atoms with Crippen LogP contribution in [0.15, 0.2) is 18.2 Å². The number of nitrogens with zero attached hydrogens (tertiary/aromatic N) is 1. The van der Waals surface area contributed by atoms with Crippen LogP contribution >= 0.6 is 0 Å². The molecule has 110 valence electrons. The third kappa shape index (κ3) is 2.90. The predicted molar refractivity (Wildman–Crippen MR) is 79.5 cm³/mol. The van der Waals surface area contributed by atoms with Gasteiger partial charge in [-0.05, 0) is 53.3 Å². The monoisotopic (exact) mass is 279 g/mol. The molecule has 0 radical (unpaired) electrons. The molecule has 1 saturated heterocycles. The molecule has 1 aliphatic rings. The van der Waals surface area contributed by atoms with Crippen molar-refractivity contribution in [3.8, 4) is 0 Å². The highest BCUT2D eigenvalue weighted by atomic mass is 19.1. The van der Waals surface area contributed by atoms with E-state index in [0.717, 1.165) is 5.46 Å². The van der Waals surface area contributed by atoms with E-state index < -0.39 is 7.12 Å². The van der Waals surface area contributed by atoms with E-state index in [4.69, 9.17) is 9.31 Å². The van der Waals surface area contributed by atoms with Gasteiger partial charge in [0, 0.05) is 12.1 Å². The van der Waals surface area contributed by atoms with Crippen molar-refractivity contribution < 1.29 is 13.7 Å². The highest BCUT2D eigenvalue weighted by Gasteiger charge is 2.51. The molecule has 0 aliphatic carbocycles. The van der Waals surface area contributed by atoms with Gasteiger partial charge in [0.2, 0.25) is 0 Å². The van der Waals surface area contributed by atoms with Crippen LogP contribution in [0.1, 0.15) is 33.3 Å². The molecule has 0 saturated carbocycles. The first-order chi connectivity index (χ1) is 9.12. The van der Waals surface area contributed by atoms with Gasteiger partial charge in [0.05, 0.1) is 11.2 Å². The van der Waals surface area contributed by atoms with Crippen molar-refractivity contribution in [3.63, 3.8) is 0 Å². The van der Waals surface area contributed by atoms with Crippen LogP contribution in [0, 0.1) is 5.82 Å². The Bertz CT molecular complexity index is 487. The Labute approximate surface area is 121 Å². The summed E-state index contributed by atoms with van der Waals surface area (Å²) in [6.45, 7) is 8.60. The van der Waals surface area contributed by atoms with E-state index in [1.54, 1.807) is 6.07 Å². The van der Waals surface area contributed by atoms with Crippen LogP contribution in [0.5, 0.6) is 0 Å².